The molecule has 0 spiro atoms. The van der Waals surface area contributed by atoms with Crippen molar-refractivity contribution in [3.8, 4) is 0 Å². The third-order valence-corrected chi connectivity index (χ3v) is 2.85. The van der Waals surface area contributed by atoms with Gasteiger partial charge in [-0.25, -0.2) is 0 Å². The summed E-state index contributed by atoms with van der Waals surface area (Å²) in [5.74, 6) is -0.400. The fourth-order valence-corrected chi connectivity index (χ4v) is 1.88. The molecule has 0 atom stereocenters. The van der Waals surface area contributed by atoms with Crippen molar-refractivity contribution in [2.24, 2.45) is 7.05 Å². The van der Waals surface area contributed by atoms with Crippen LogP contribution in [-0.2, 0) is 13.6 Å². The number of nitro benzene ring substituents is 1. The van der Waals surface area contributed by atoms with E-state index in [1.807, 2.05) is 0 Å². The number of para-hydroxylation sites is 1. The van der Waals surface area contributed by atoms with E-state index < -0.39 is 10.8 Å². The van der Waals surface area contributed by atoms with Crippen molar-refractivity contribution in [2.75, 3.05) is 7.05 Å². The highest BCUT2D eigenvalue weighted by Gasteiger charge is 2.22. The smallest absolute Gasteiger partial charge is 0.282 e. The Balaban J connectivity index is 2.20. The number of benzene rings is 1. The van der Waals surface area contributed by atoms with Crippen LogP contribution in [0.25, 0.3) is 0 Å². The van der Waals surface area contributed by atoms with Crippen molar-refractivity contribution in [3.63, 3.8) is 0 Å². The first-order chi connectivity index (χ1) is 9.49. The van der Waals surface area contributed by atoms with Gasteiger partial charge in [-0.3, -0.25) is 19.6 Å². The molecule has 0 unspecified atom stereocenters. The van der Waals surface area contributed by atoms with Crippen LogP contribution in [0.3, 0.4) is 0 Å². The lowest BCUT2D eigenvalue weighted by Crippen LogP contribution is -2.27. The number of nitro groups is 1. The molecular weight excluding hydrogens is 260 g/mol. The van der Waals surface area contributed by atoms with Crippen LogP contribution >= 0.6 is 0 Å². The maximum Gasteiger partial charge on any atom is 0.282 e. The van der Waals surface area contributed by atoms with Crippen LogP contribution in [0.4, 0.5) is 5.69 Å². The molecule has 7 nitrogen and oxygen atoms in total. The average Bonchev–Trinajstić information content (AvgIpc) is 2.83. The molecule has 0 saturated carbocycles. The summed E-state index contributed by atoms with van der Waals surface area (Å²) in [5, 5.41) is 15.1. The van der Waals surface area contributed by atoms with Crippen molar-refractivity contribution in [2.45, 2.75) is 6.54 Å². The lowest BCUT2D eigenvalue weighted by Gasteiger charge is -2.15. The molecule has 0 fully saturated rings. The molecule has 104 valence electrons. The zero-order chi connectivity index (χ0) is 14.7. The molecule has 0 bridgehead atoms. The zero-order valence-electron chi connectivity index (χ0n) is 11.2. The molecule has 1 aromatic heterocycles. The largest absolute Gasteiger partial charge is 0.336 e. The van der Waals surface area contributed by atoms with E-state index in [-0.39, 0.29) is 11.3 Å². The van der Waals surface area contributed by atoms with Crippen LogP contribution in [-0.4, -0.2) is 32.6 Å². The van der Waals surface area contributed by atoms with Gasteiger partial charge < -0.3 is 4.90 Å². The fourth-order valence-electron chi connectivity index (χ4n) is 1.88. The third-order valence-electron chi connectivity index (χ3n) is 2.85. The number of carbonyl (C=O) groups excluding carboxylic acids is 1. The first kappa shape index (κ1) is 13.7. The van der Waals surface area contributed by atoms with Crippen LogP contribution in [0.15, 0.2) is 36.5 Å². The average molecular weight is 274 g/mol. The Morgan fingerprint density at radius 3 is 2.70 bits per heavy atom. The third kappa shape index (κ3) is 2.82. The Morgan fingerprint density at radius 2 is 2.10 bits per heavy atom. The van der Waals surface area contributed by atoms with Crippen LogP contribution in [0.2, 0.25) is 0 Å². The fraction of sp³-hybridized carbons (Fsp3) is 0.231. The van der Waals surface area contributed by atoms with E-state index in [1.54, 1.807) is 37.1 Å². The number of nitrogens with zero attached hydrogens (tertiary/aromatic N) is 4. The van der Waals surface area contributed by atoms with E-state index in [4.69, 9.17) is 0 Å². The van der Waals surface area contributed by atoms with E-state index >= 15 is 0 Å². The van der Waals surface area contributed by atoms with Crippen molar-refractivity contribution in [3.05, 3.63) is 57.9 Å². The van der Waals surface area contributed by atoms with Gasteiger partial charge in [0.2, 0.25) is 0 Å². The molecule has 0 saturated heterocycles. The van der Waals surface area contributed by atoms with E-state index in [0.29, 0.717) is 6.54 Å². The number of carbonyl (C=O) groups is 1. The molecule has 0 aliphatic heterocycles. The van der Waals surface area contributed by atoms with Crippen molar-refractivity contribution >= 4 is 11.6 Å². The van der Waals surface area contributed by atoms with Gasteiger partial charge in [-0.15, -0.1) is 0 Å². The summed E-state index contributed by atoms with van der Waals surface area (Å²) in [6.45, 7) is 0.297. The van der Waals surface area contributed by atoms with Gasteiger partial charge in [0.15, 0.2) is 0 Å². The summed E-state index contributed by atoms with van der Waals surface area (Å²) in [6, 6.07) is 7.71. The Hall–Kier alpha value is -2.70. The maximum absolute atomic E-state index is 12.3. The number of aromatic nitrogens is 2. The number of hydrogen-bond donors (Lipinski definition) is 0. The highest BCUT2D eigenvalue weighted by atomic mass is 16.6. The van der Waals surface area contributed by atoms with Gasteiger partial charge in [0.1, 0.15) is 5.56 Å². The molecule has 1 heterocycles. The van der Waals surface area contributed by atoms with Crippen molar-refractivity contribution in [1.82, 2.24) is 14.7 Å². The summed E-state index contributed by atoms with van der Waals surface area (Å²) >= 11 is 0. The Labute approximate surface area is 115 Å². The summed E-state index contributed by atoms with van der Waals surface area (Å²) in [7, 11) is 3.38. The van der Waals surface area contributed by atoms with E-state index in [1.165, 1.54) is 23.1 Å². The first-order valence-electron chi connectivity index (χ1n) is 5.96. The van der Waals surface area contributed by atoms with E-state index in [2.05, 4.69) is 5.10 Å². The first-order valence-corrected chi connectivity index (χ1v) is 5.96. The number of amides is 1. The van der Waals surface area contributed by atoms with Gasteiger partial charge in [0.05, 0.1) is 17.2 Å². The summed E-state index contributed by atoms with van der Waals surface area (Å²) < 4.78 is 1.64. The SMILES string of the molecule is CN(Cc1ccn(C)n1)C(=O)c1ccccc1[N+](=O)[O-]. The van der Waals surface area contributed by atoms with Crippen molar-refractivity contribution in [1.29, 1.82) is 0 Å². The van der Waals surface area contributed by atoms with Gasteiger partial charge in [0, 0.05) is 26.4 Å². The van der Waals surface area contributed by atoms with Gasteiger partial charge in [-0.05, 0) is 12.1 Å². The molecule has 0 radical (unpaired) electrons. The highest BCUT2D eigenvalue weighted by Crippen LogP contribution is 2.19. The molecule has 7 heteroatoms. The highest BCUT2D eigenvalue weighted by molar-refractivity contribution is 5.97. The quantitative estimate of drug-likeness (QED) is 0.626. The van der Waals surface area contributed by atoms with E-state index in [9.17, 15) is 14.9 Å². The Morgan fingerprint density at radius 1 is 1.40 bits per heavy atom. The van der Waals surface area contributed by atoms with Crippen LogP contribution in [0.1, 0.15) is 16.1 Å². The zero-order valence-corrected chi connectivity index (χ0v) is 11.2. The predicted molar refractivity (Wildman–Crippen MR) is 72.1 cm³/mol. The molecule has 1 aromatic carbocycles. The molecule has 0 aliphatic carbocycles. The molecule has 0 aliphatic rings. The lowest BCUT2D eigenvalue weighted by molar-refractivity contribution is -0.385. The second-order valence-corrected chi connectivity index (χ2v) is 4.42. The second-order valence-electron chi connectivity index (χ2n) is 4.42. The molecular formula is C13H14N4O3. The minimum absolute atomic E-state index is 0.0796. The van der Waals surface area contributed by atoms with Crippen LogP contribution in [0.5, 0.6) is 0 Å². The standard InChI is InChI=1S/C13H14N4O3/c1-15(9-10-7-8-16(2)14-10)13(18)11-5-3-4-6-12(11)17(19)20/h3-8H,9H2,1-2H3. The Bertz CT molecular complexity index is 651. The summed E-state index contributed by atoms with van der Waals surface area (Å²) in [4.78, 5) is 24.1. The molecule has 1 amide bonds. The number of hydrogen-bond acceptors (Lipinski definition) is 4. The molecule has 2 rings (SSSR count). The van der Waals surface area contributed by atoms with Gasteiger partial charge in [-0.2, -0.15) is 5.10 Å². The van der Waals surface area contributed by atoms with Crippen LogP contribution in [0, 0.1) is 10.1 Å². The maximum atomic E-state index is 12.3. The number of rotatable bonds is 4. The topological polar surface area (TPSA) is 81.3 Å². The monoisotopic (exact) mass is 274 g/mol. The number of aryl methyl sites for hydroxylation is 1. The molecule has 2 aromatic rings. The van der Waals surface area contributed by atoms with Gasteiger partial charge in [0.25, 0.3) is 11.6 Å². The van der Waals surface area contributed by atoms with Gasteiger partial charge in [-0.1, -0.05) is 12.1 Å². The lowest BCUT2D eigenvalue weighted by atomic mass is 10.1. The second kappa shape index (κ2) is 5.52. The van der Waals surface area contributed by atoms with Crippen molar-refractivity contribution < 1.29 is 9.72 Å². The van der Waals surface area contributed by atoms with Crippen LogP contribution < -0.4 is 0 Å². The minimum atomic E-state index is -0.554. The van der Waals surface area contributed by atoms with E-state index in [0.717, 1.165) is 5.69 Å². The summed E-state index contributed by atoms with van der Waals surface area (Å²) in [6.07, 6.45) is 1.78. The molecule has 0 N–H and O–H groups in total. The molecule has 20 heavy (non-hydrogen) atoms. The summed E-state index contributed by atoms with van der Waals surface area (Å²) in [5.41, 5.74) is 0.614. The predicted octanol–water partition coefficient (Wildman–Crippen LogP) is 1.60. The van der Waals surface area contributed by atoms with Gasteiger partial charge >= 0.3 is 0 Å². The minimum Gasteiger partial charge on any atom is -0.336 e. The Kier molecular flexibility index (Phi) is 3.79. The normalized spacial score (nSPS) is 10.3.